The highest BCUT2D eigenvalue weighted by Gasteiger charge is 2.30. The zero-order valence-corrected chi connectivity index (χ0v) is 19.6. The normalized spacial score (nSPS) is 13.4. The lowest BCUT2D eigenvalue weighted by Crippen LogP contribution is -2.30. The van der Waals surface area contributed by atoms with Crippen molar-refractivity contribution in [3.05, 3.63) is 22.8 Å². The largest absolute Gasteiger partial charge is 0.478 e. The lowest BCUT2D eigenvalue weighted by molar-refractivity contribution is -0.123. The number of carbonyl (C=O) groups is 2. The van der Waals surface area contributed by atoms with Crippen molar-refractivity contribution in [3.8, 4) is 0 Å². The number of aromatic carboxylic acids is 1. The van der Waals surface area contributed by atoms with E-state index in [0.717, 1.165) is 37.2 Å². The summed E-state index contributed by atoms with van der Waals surface area (Å²) >= 11 is 0. The summed E-state index contributed by atoms with van der Waals surface area (Å²) < 4.78 is 0. The molecule has 168 valence electrons. The van der Waals surface area contributed by atoms with Gasteiger partial charge in [0, 0.05) is 18.5 Å². The number of rotatable bonds is 11. The predicted octanol–water partition coefficient (Wildman–Crippen LogP) is 6.18. The number of carbonyl (C=O) groups excluding carboxylic acids is 1. The Bertz CT molecular complexity index is 750. The van der Waals surface area contributed by atoms with Gasteiger partial charge in [-0.1, -0.05) is 72.6 Å². The number of carboxylic acid groups (broad SMARTS) is 1. The lowest BCUT2D eigenvalue weighted by atomic mass is 9.94. The van der Waals surface area contributed by atoms with E-state index in [0.29, 0.717) is 11.3 Å². The Morgan fingerprint density at radius 1 is 1.07 bits per heavy atom. The van der Waals surface area contributed by atoms with E-state index in [9.17, 15) is 14.7 Å². The first kappa shape index (κ1) is 24.2. The Morgan fingerprint density at radius 2 is 1.67 bits per heavy atom. The molecule has 0 radical (unpaired) electrons. The number of amides is 1. The summed E-state index contributed by atoms with van der Waals surface area (Å²) in [6.07, 6.45) is 11.0. The first-order valence-electron chi connectivity index (χ1n) is 11.6. The third kappa shape index (κ3) is 6.23. The molecule has 1 amide bonds. The summed E-state index contributed by atoms with van der Waals surface area (Å²) in [5, 5.41) is 12.7. The van der Waals surface area contributed by atoms with Crippen molar-refractivity contribution in [2.75, 3.05) is 23.3 Å². The van der Waals surface area contributed by atoms with Gasteiger partial charge in [-0.25, -0.2) is 4.79 Å². The molecule has 5 heteroatoms. The average molecular weight is 417 g/mol. The highest BCUT2D eigenvalue weighted by molar-refractivity contribution is 6.02. The zero-order chi connectivity index (χ0) is 22.3. The second kappa shape index (κ2) is 10.8. The van der Waals surface area contributed by atoms with Gasteiger partial charge in [0.2, 0.25) is 5.91 Å². The fraction of sp³-hybridized carbons (Fsp3) is 0.680. The van der Waals surface area contributed by atoms with Crippen LogP contribution in [0.3, 0.4) is 0 Å². The molecule has 0 aromatic heterocycles. The number of hydrogen-bond donors (Lipinski definition) is 2. The van der Waals surface area contributed by atoms with Crippen molar-refractivity contribution >= 4 is 23.3 Å². The first-order chi connectivity index (χ1) is 14.2. The minimum atomic E-state index is -0.942. The molecule has 2 rings (SSSR count). The van der Waals surface area contributed by atoms with Crippen molar-refractivity contribution in [3.63, 3.8) is 0 Å². The highest BCUT2D eigenvalue weighted by Crippen LogP contribution is 2.40. The van der Waals surface area contributed by atoms with Crippen LogP contribution in [0.25, 0.3) is 0 Å². The molecule has 0 fully saturated rings. The molecule has 1 aliphatic heterocycles. The molecule has 0 bridgehead atoms. The molecule has 0 spiro atoms. The van der Waals surface area contributed by atoms with Gasteiger partial charge in [-0.05, 0) is 37.0 Å². The van der Waals surface area contributed by atoms with E-state index in [1.54, 1.807) is 13.0 Å². The Balaban J connectivity index is 2.11. The number of nitrogens with one attached hydrogen (secondary N) is 1. The Morgan fingerprint density at radius 3 is 2.23 bits per heavy atom. The van der Waals surface area contributed by atoms with Crippen LogP contribution in [0.2, 0.25) is 0 Å². The summed E-state index contributed by atoms with van der Waals surface area (Å²) in [6, 6.07) is 1.80. The Kier molecular flexibility index (Phi) is 8.75. The summed E-state index contributed by atoms with van der Waals surface area (Å²) in [5.41, 5.74) is 3.12. The van der Waals surface area contributed by atoms with E-state index in [-0.39, 0.29) is 11.5 Å². The summed E-state index contributed by atoms with van der Waals surface area (Å²) in [7, 11) is 0. The van der Waals surface area contributed by atoms with Gasteiger partial charge in [-0.15, -0.1) is 0 Å². The van der Waals surface area contributed by atoms with Gasteiger partial charge in [0.1, 0.15) is 0 Å². The minimum absolute atomic E-state index is 0.0886. The van der Waals surface area contributed by atoms with E-state index in [1.807, 2.05) is 20.8 Å². The smallest absolute Gasteiger partial charge is 0.336 e. The standard InChI is InChI=1S/C25H40N2O3/c1-6-7-8-9-10-11-12-13-15-27-16-14-19-17-20(23(28)29)18(2)21(22(19)27)26-24(30)25(3,4)5/h17H,6-16H2,1-5H3,(H,26,30)(H,28,29). The van der Waals surface area contributed by atoms with Gasteiger partial charge < -0.3 is 15.3 Å². The van der Waals surface area contributed by atoms with E-state index >= 15 is 0 Å². The van der Waals surface area contributed by atoms with Gasteiger partial charge >= 0.3 is 5.97 Å². The maximum Gasteiger partial charge on any atom is 0.336 e. The third-order valence-electron chi connectivity index (χ3n) is 6.04. The monoisotopic (exact) mass is 416 g/mol. The molecule has 1 aromatic carbocycles. The molecule has 1 heterocycles. The molecule has 0 saturated heterocycles. The fourth-order valence-corrected chi connectivity index (χ4v) is 4.08. The molecular weight excluding hydrogens is 376 g/mol. The third-order valence-corrected chi connectivity index (χ3v) is 6.04. The molecule has 0 atom stereocenters. The molecule has 0 saturated carbocycles. The zero-order valence-electron chi connectivity index (χ0n) is 19.6. The molecule has 2 N–H and O–H groups in total. The molecule has 1 aromatic rings. The Labute approximate surface area is 182 Å². The van der Waals surface area contributed by atoms with Crippen molar-refractivity contribution < 1.29 is 14.7 Å². The van der Waals surface area contributed by atoms with Gasteiger partial charge in [0.25, 0.3) is 0 Å². The lowest BCUT2D eigenvalue weighted by Gasteiger charge is -2.26. The average Bonchev–Trinajstić information content (AvgIpc) is 3.07. The molecule has 5 nitrogen and oxygen atoms in total. The van der Waals surface area contributed by atoms with Crippen molar-refractivity contribution in [2.45, 2.75) is 92.4 Å². The van der Waals surface area contributed by atoms with E-state index in [1.165, 1.54) is 44.9 Å². The van der Waals surface area contributed by atoms with Crippen molar-refractivity contribution in [1.29, 1.82) is 0 Å². The quantitative estimate of drug-likeness (QED) is 0.423. The first-order valence-corrected chi connectivity index (χ1v) is 11.6. The molecule has 0 unspecified atom stereocenters. The van der Waals surface area contributed by atoms with Crippen LogP contribution in [0, 0.1) is 12.3 Å². The van der Waals surface area contributed by atoms with E-state index in [4.69, 9.17) is 0 Å². The maximum atomic E-state index is 12.7. The van der Waals surface area contributed by atoms with Gasteiger partial charge in [-0.3, -0.25) is 4.79 Å². The molecule has 0 aliphatic carbocycles. The SMILES string of the molecule is CCCCCCCCCCN1CCc2cc(C(=O)O)c(C)c(NC(=O)C(C)(C)C)c21. The second-order valence-corrected chi connectivity index (χ2v) is 9.65. The highest BCUT2D eigenvalue weighted by atomic mass is 16.4. The van der Waals surface area contributed by atoms with Crippen LogP contribution in [0.5, 0.6) is 0 Å². The van der Waals surface area contributed by atoms with E-state index < -0.39 is 11.4 Å². The van der Waals surface area contributed by atoms with Crippen LogP contribution in [-0.2, 0) is 11.2 Å². The fourth-order valence-electron chi connectivity index (χ4n) is 4.08. The number of hydrogen-bond acceptors (Lipinski definition) is 3. The van der Waals surface area contributed by atoms with Crippen molar-refractivity contribution in [1.82, 2.24) is 0 Å². The number of benzene rings is 1. The van der Waals surface area contributed by atoms with Crippen LogP contribution >= 0.6 is 0 Å². The molecular formula is C25H40N2O3. The number of fused-ring (bicyclic) bond motifs is 1. The van der Waals surface area contributed by atoms with Crippen LogP contribution in [0.15, 0.2) is 6.07 Å². The number of carboxylic acids is 1. The van der Waals surface area contributed by atoms with Crippen LogP contribution in [0.1, 0.15) is 101 Å². The predicted molar refractivity (Wildman–Crippen MR) is 125 cm³/mol. The number of anilines is 2. The van der Waals surface area contributed by atoms with Crippen LogP contribution in [0.4, 0.5) is 11.4 Å². The molecule has 30 heavy (non-hydrogen) atoms. The number of nitrogens with zero attached hydrogens (tertiary/aromatic N) is 1. The van der Waals surface area contributed by atoms with Crippen LogP contribution < -0.4 is 10.2 Å². The second-order valence-electron chi connectivity index (χ2n) is 9.65. The summed E-state index contributed by atoms with van der Waals surface area (Å²) in [6.45, 7) is 11.5. The summed E-state index contributed by atoms with van der Waals surface area (Å²) in [5.74, 6) is -1.03. The number of unbranched alkanes of at least 4 members (excludes halogenated alkanes) is 7. The topological polar surface area (TPSA) is 69.6 Å². The maximum absolute atomic E-state index is 12.7. The minimum Gasteiger partial charge on any atom is -0.478 e. The van der Waals surface area contributed by atoms with Gasteiger partial charge in [-0.2, -0.15) is 0 Å². The van der Waals surface area contributed by atoms with Gasteiger partial charge in [0.15, 0.2) is 0 Å². The molecule has 1 aliphatic rings. The van der Waals surface area contributed by atoms with Gasteiger partial charge in [0.05, 0.1) is 16.9 Å². The van der Waals surface area contributed by atoms with Crippen LogP contribution in [-0.4, -0.2) is 30.1 Å². The van der Waals surface area contributed by atoms with E-state index in [2.05, 4.69) is 17.1 Å². The van der Waals surface area contributed by atoms with Crippen molar-refractivity contribution in [2.24, 2.45) is 5.41 Å². The summed E-state index contributed by atoms with van der Waals surface area (Å²) in [4.78, 5) is 26.8. The Hall–Kier alpha value is -2.04.